The lowest BCUT2D eigenvalue weighted by atomic mass is 9.93. The van der Waals surface area contributed by atoms with Crippen LogP contribution in [-0.4, -0.2) is 42.6 Å². The molecule has 0 aromatic rings. The zero-order chi connectivity index (χ0) is 18.6. The molecule has 0 heterocycles. The number of rotatable bonds is 4. The van der Waals surface area contributed by atoms with E-state index in [1.165, 1.54) is 6.08 Å². The van der Waals surface area contributed by atoms with Gasteiger partial charge in [0.05, 0.1) is 5.92 Å². The zero-order valence-electron chi connectivity index (χ0n) is 11.8. The third-order valence-corrected chi connectivity index (χ3v) is 4.93. The van der Waals surface area contributed by atoms with Crippen LogP contribution < -0.4 is 0 Å². The lowest BCUT2D eigenvalue weighted by Gasteiger charge is -2.36. The summed E-state index contributed by atoms with van der Waals surface area (Å²) < 4.78 is 112. The quantitative estimate of drug-likeness (QED) is 0.350. The SMILES string of the molecule is O=C(OC(CS(=O)(=O)O)(C(F)(F)F)C(F)(F)F)C1CC2C=CC1C2. The second kappa shape index (κ2) is 5.61. The Morgan fingerprint density at radius 3 is 1.96 bits per heavy atom. The van der Waals surface area contributed by atoms with E-state index in [2.05, 4.69) is 4.74 Å². The first-order valence-corrected chi connectivity index (χ1v) is 8.27. The van der Waals surface area contributed by atoms with Crippen LogP contribution in [0, 0.1) is 17.8 Å². The van der Waals surface area contributed by atoms with Crippen molar-refractivity contribution in [3.8, 4) is 0 Å². The summed E-state index contributed by atoms with van der Waals surface area (Å²) in [5.74, 6) is -6.54. The first-order valence-electron chi connectivity index (χ1n) is 6.66. The highest BCUT2D eigenvalue weighted by Gasteiger charge is 2.76. The highest BCUT2D eigenvalue weighted by molar-refractivity contribution is 7.85. The predicted octanol–water partition coefficient (Wildman–Crippen LogP) is 2.49. The molecule has 5 nitrogen and oxygen atoms in total. The molecule has 0 saturated heterocycles. The second-order valence-corrected chi connectivity index (χ2v) is 7.31. The van der Waals surface area contributed by atoms with Crippen LogP contribution in [0.3, 0.4) is 0 Å². The van der Waals surface area contributed by atoms with Crippen LogP contribution in [-0.2, 0) is 19.6 Å². The van der Waals surface area contributed by atoms with Crippen molar-refractivity contribution in [2.45, 2.75) is 30.8 Å². The summed E-state index contributed by atoms with van der Waals surface area (Å²) in [6.07, 6.45) is -8.94. The fourth-order valence-corrected chi connectivity index (χ4v) is 3.93. The van der Waals surface area contributed by atoms with E-state index < -0.39 is 51.6 Å². The first kappa shape index (κ1) is 19.0. The van der Waals surface area contributed by atoms with Crippen LogP contribution >= 0.6 is 0 Å². The van der Waals surface area contributed by atoms with Crippen molar-refractivity contribution < 1.29 is 48.8 Å². The molecular formula is C12H12F6O5S. The summed E-state index contributed by atoms with van der Waals surface area (Å²) >= 11 is 0. The van der Waals surface area contributed by atoms with Gasteiger partial charge in [-0.2, -0.15) is 34.8 Å². The topological polar surface area (TPSA) is 80.7 Å². The van der Waals surface area contributed by atoms with Crippen molar-refractivity contribution in [3.63, 3.8) is 0 Å². The number of carbonyl (C=O) groups excluding carboxylic acids is 1. The Balaban J connectivity index is 2.38. The maximum Gasteiger partial charge on any atom is 0.438 e. The van der Waals surface area contributed by atoms with Crippen LogP contribution in [0.15, 0.2) is 12.2 Å². The van der Waals surface area contributed by atoms with Gasteiger partial charge in [0.25, 0.3) is 10.1 Å². The summed E-state index contributed by atoms with van der Waals surface area (Å²) in [7, 11) is -5.76. The molecule has 3 atom stereocenters. The molecule has 0 aromatic heterocycles. The van der Waals surface area contributed by atoms with Crippen molar-refractivity contribution >= 4 is 16.1 Å². The van der Waals surface area contributed by atoms with Gasteiger partial charge in [0.2, 0.25) is 0 Å². The van der Waals surface area contributed by atoms with Gasteiger partial charge in [0.15, 0.2) is 0 Å². The Bertz CT molecular complexity index is 636. The van der Waals surface area contributed by atoms with Crippen molar-refractivity contribution in [2.75, 3.05) is 5.75 Å². The van der Waals surface area contributed by atoms with Crippen molar-refractivity contribution in [2.24, 2.45) is 17.8 Å². The normalized spacial score (nSPS) is 27.5. The van der Waals surface area contributed by atoms with E-state index in [9.17, 15) is 39.6 Å². The number of hydrogen-bond acceptors (Lipinski definition) is 4. The molecule has 0 amide bonds. The Labute approximate surface area is 132 Å². The smallest absolute Gasteiger partial charge is 0.438 e. The predicted molar refractivity (Wildman–Crippen MR) is 66.2 cm³/mol. The van der Waals surface area contributed by atoms with Gasteiger partial charge < -0.3 is 4.74 Å². The standard InChI is InChI=1S/C12H12F6O5S/c13-11(14,15)10(12(16,17)18,5-24(20,21)22)23-9(19)8-4-6-1-2-7(8)3-6/h1-2,6-8H,3-5H2,(H,20,21,22). The third-order valence-electron chi connectivity index (χ3n) is 4.16. The lowest BCUT2D eigenvalue weighted by Crippen LogP contribution is -2.64. The molecule has 2 aliphatic rings. The van der Waals surface area contributed by atoms with E-state index in [1.54, 1.807) is 6.08 Å². The molecule has 3 unspecified atom stereocenters. The first-order chi connectivity index (χ1) is 10.7. The molecule has 0 aliphatic heterocycles. The van der Waals surface area contributed by atoms with E-state index in [1.807, 2.05) is 0 Å². The third kappa shape index (κ3) is 3.39. The Hall–Kier alpha value is -1.30. The summed E-state index contributed by atoms with van der Waals surface area (Å²) in [4.78, 5) is 11.9. The van der Waals surface area contributed by atoms with E-state index in [0.717, 1.165) is 0 Å². The highest BCUT2D eigenvalue weighted by atomic mass is 32.2. The second-order valence-electron chi connectivity index (χ2n) is 5.86. The number of carbonyl (C=O) groups is 1. The minimum atomic E-state index is -6.29. The fraction of sp³-hybridized carbons (Fsp3) is 0.750. The lowest BCUT2D eigenvalue weighted by molar-refractivity contribution is -0.362. The number of halogens is 6. The highest BCUT2D eigenvalue weighted by Crippen LogP contribution is 2.49. The van der Waals surface area contributed by atoms with Crippen LogP contribution in [0.2, 0.25) is 0 Å². The molecule has 1 fully saturated rings. The molecule has 24 heavy (non-hydrogen) atoms. The summed E-state index contributed by atoms with van der Waals surface area (Å²) in [5.41, 5.74) is -5.32. The summed E-state index contributed by atoms with van der Waals surface area (Å²) in [5, 5.41) is 0. The van der Waals surface area contributed by atoms with E-state index in [4.69, 9.17) is 4.55 Å². The average molecular weight is 382 g/mol. The summed E-state index contributed by atoms with van der Waals surface area (Å²) in [6.45, 7) is 0. The van der Waals surface area contributed by atoms with E-state index in [-0.39, 0.29) is 12.3 Å². The van der Waals surface area contributed by atoms with Crippen molar-refractivity contribution in [1.82, 2.24) is 0 Å². The number of ether oxygens (including phenoxy) is 1. The molecule has 0 radical (unpaired) electrons. The van der Waals surface area contributed by atoms with Gasteiger partial charge >= 0.3 is 23.9 Å². The Morgan fingerprint density at radius 1 is 1.08 bits per heavy atom. The number of hydrogen-bond donors (Lipinski definition) is 1. The fourth-order valence-electron chi connectivity index (χ4n) is 3.03. The maximum absolute atomic E-state index is 13.0. The minimum absolute atomic E-state index is 0.0255. The molecule has 0 aromatic carbocycles. The molecular weight excluding hydrogens is 370 g/mol. The minimum Gasteiger partial charge on any atom is -0.438 e. The summed E-state index contributed by atoms with van der Waals surface area (Å²) in [6, 6.07) is 0. The number of alkyl halides is 6. The average Bonchev–Trinajstić information content (AvgIpc) is 2.95. The largest absolute Gasteiger partial charge is 0.438 e. The monoisotopic (exact) mass is 382 g/mol. The maximum atomic E-state index is 13.0. The molecule has 138 valence electrons. The Morgan fingerprint density at radius 2 is 1.62 bits per heavy atom. The zero-order valence-corrected chi connectivity index (χ0v) is 12.6. The van der Waals surface area contributed by atoms with Crippen LogP contribution in [0.25, 0.3) is 0 Å². The molecule has 2 aliphatic carbocycles. The molecule has 12 heteroatoms. The van der Waals surface area contributed by atoms with Crippen molar-refractivity contribution in [3.05, 3.63) is 12.2 Å². The van der Waals surface area contributed by atoms with E-state index in [0.29, 0.717) is 6.42 Å². The van der Waals surface area contributed by atoms with Gasteiger partial charge in [-0.25, -0.2) is 0 Å². The van der Waals surface area contributed by atoms with E-state index >= 15 is 0 Å². The molecule has 2 rings (SSSR count). The molecule has 2 bridgehead atoms. The Kier molecular flexibility index (Phi) is 4.45. The van der Waals surface area contributed by atoms with Gasteiger partial charge in [0, 0.05) is 0 Å². The van der Waals surface area contributed by atoms with Gasteiger partial charge in [-0.05, 0) is 24.7 Å². The van der Waals surface area contributed by atoms with Crippen LogP contribution in [0.4, 0.5) is 26.3 Å². The van der Waals surface area contributed by atoms with Crippen LogP contribution in [0.5, 0.6) is 0 Å². The molecule has 0 spiro atoms. The molecule has 1 saturated carbocycles. The van der Waals surface area contributed by atoms with Gasteiger partial charge in [-0.3, -0.25) is 9.35 Å². The number of esters is 1. The molecule has 1 N–H and O–H groups in total. The van der Waals surface area contributed by atoms with Crippen LogP contribution in [0.1, 0.15) is 12.8 Å². The van der Waals surface area contributed by atoms with Gasteiger partial charge in [0.1, 0.15) is 5.75 Å². The number of allylic oxidation sites excluding steroid dienone is 2. The van der Waals surface area contributed by atoms with Gasteiger partial charge in [-0.15, -0.1) is 0 Å². The van der Waals surface area contributed by atoms with Crippen molar-refractivity contribution in [1.29, 1.82) is 0 Å². The number of fused-ring (bicyclic) bond motifs is 2. The van der Waals surface area contributed by atoms with Gasteiger partial charge in [-0.1, -0.05) is 12.2 Å².